The smallest absolute Gasteiger partial charge is 0.267 e. The van der Waals surface area contributed by atoms with Crippen molar-refractivity contribution < 1.29 is 9.59 Å². The van der Waals surface area contributed by atoms with Gasteiger partial charge in [0, 0.05) is 0 Å². The van der Waals surface area contributed by atoms with Crippen LogP contribution in [0, 0.1) is 0 Å². The Morgan fingerprint density at radius 3 is 2.50 bits per heavy atom. The van der Waals surface area contributed by atoms with Crippen LogP contribution in [0.5, 0.6) is 0 Å². The van der Waals surface area contributed by atoms with E-state index >= 15 is 0 Å². The second-order valence-electron chi connectivity index (χ2n) is 3.66. The molecule has 1 atom stereocenters. The largest absolute Gasteiger partial charge is 0.315 e. The molecular formula is C12H12N2O2. The zero-order valence-corrected chi connectivity index (χ0v) is 8.93. The van der Waals surface area contributed by atoms with E-state index in [0.717, 1.165) is 6.34 Å². The molecule has 16 heavy (non-hydrogen) atoms. The first kappa shape index (κ1) is 10.5. The summed E-state index contributed by atoms with van der Waals surface area (Å²) in [7, 11) is 0. The zero-order chi connectivity index (χ0) is 11.6. The van der Waals surface area contributed by atoms with Gasteiger partial charge in [-0.05, 0) is 12.0 Å². The first-order valence-corrected chi connectivity index (χ1v) is 5.15. The molecule has 1 N–H and O–H groups in total. The number of carbonyl (C=O) groups is 2. The van der Waals surface area contributed by atoms with Gasteiger partial charge in [-0.2, -0.15) is 0 Å². The number of aliphatic imine (C=N–C) groups is 1. The average Bonchev–Trinajstić information content (AvgIpc) is 2.31. The van der Waals surface area contributed by atoms with Crippen LogP contribution >= 0.6 is 0 Å². The summed E-state index contributed by atoms with van der Waals surface area (Å²) in [6.07, 6.45) is 1.56. The third-order valence-electron chi connectivity index (χ3n) is 2.93. The van der Waals surface area contributed by atoms with Crippen molar-refractivity contribution in [1.29, 1.82) is 0 Å². The summed E-state index contributed by atoms with van der Waals surface area (Å²) in [5.74, 6) is -0.703. The predicted octanol–water partition coefficient (Wildman–Crippen LogP) is 1.02. The van der Waals surface area contributed by atoms with E-state index in [4.69, 9.17) is 0 Å². The highest BCUT2D eigenvalue weighted by atomic mass is 16.2. The second-order valence-corrected chi connectivity index (χ2v) is 3.66. The molecule has 2 rings (SSSR count). The number of benzene rings is 1. The van der Waals surface area contributed by atoms with Gasteiger partial charge >= 0.3 is 0 Å². The van der Waals surface area contributed by atoms with Gasteiger partial charge < -0.3 is 5.32 Å². The first-order chi connectivity index (χ1) is 7.71. The van der Waals surface area contributed by atoms with Crippen LogP contribution in [-0.2, 0) is 15.0 Å². The van der Waals surface area contributed by atoms with Crippen molar-refractivity contribution in [3.63, 3.8) is 0 Å². The summed E-state index contributed by atoms with van der Waals surface area (Å²) in [6.45, 7) is 1.81. The highest BCUT2D eigenvalue weighted by Gasteiger charge is 2.47. The van der Waals surface area contributed by atoms with Crippen molar-refractivity contribution in [1.82, 2.24) is 5.32 Å². The molecule has 1 heterocycles. The monoisotopic (exact) mass is 216 g/mol. The lowest BCUT2D eigenvalue weighted by atomic mass is 9.76. The number of rotatable bonds is 2. The lowest BCUT2D eigenvalue weighted by molar-refractivity contribution is -0.136. The first-order valence-electron chi connectivity index (χ1n) is 5.15. The standard InChI is InChI=1S/C12H12N2O2/c1-2-12(9-6-4-3-5-7-9)10(15)13-8-14-11(12)16/h3-8H,2H2,1H3,(H,13,14,15,16). The Labute approximate surface area is 93.4 Å². The highest BCUT2D eigenvalue weighted by molar-refractivity contribution is 6.18. The minimum Gasteiger partial charge on any atom is -0.315 e. The number of hydrogen-bond acceptors (Lipinski definition) is 2. The fraction of sp³-hybridized carbons (Fsp3) is 0.250. The number of carbonyl (C=O) groups excluding carboxylic acids is 2. The molecule has 0 radical (unpaired) electrons. The predicted molar refractivity (Wildman–Crippen MR) is 60.1 cm³/mol. The van der Waals surface area contributed by atoms with Crippen molar-refractivity contribution in [3.05, 3.63) is 35.9 Å². The maximum Gasteiger partial charge on any atom is 0.267 e. The average molecular weight is 216 g/mol. The Morgan fingerprint density at radius 1 is 1.25 bits per heavy atom. The molecule has 0 unspecified atom stereocenters. The van der Waals surface area contributed by atoms with Crippen LogP contribution in [0.1, 0.15) is 18.9 Å². The molecule has 0 saturated heterocycles. The van der Waals surface area contributed by atoms with Crippen molar-refractivity contribution in [2.24, 2.45) is 4.99 Å². The quantitative estimate of drug-likeness (QED) is 0.750. The molecule has 1 aliphatic rings. The maximum atomic E-state index is 11.9. The summed E-state index contributed by atoms with van der Waals surface area (Å²) in [6, 6.07) is 9.03. The van der Waals surface area contributed by atoms with Crippen LogP contribution in [0.25, 0.3) is 0 Å². The van der Waals surface area contributed by atoms with E-state index in [1.165, 1.54) is 0 Å². The Balaban J connectivity index is 2.58. The van der Waals surface area contributed by atoms with Gasteiger partial charge in [-0.25, -0.2) is 4.99 Å². The van der Waals surface area contributed by atoms with E-state index in [2.05, 4.69) is 10.3 Å². The van der Waals surface area contributed by atoms with Gasteiger partial charge in [0.25, 0.3) is 5.91 Å². The Bertz CT molecular complexity index is 453. The topological polar surface area (TPSA) is 58.5 Å². The maximum absolute atomic E-state index is 11.9. The summed E-state index contributed by atoms with van der Waals surface area (Å²) >= 11 is 0. The summed E-state index contributed by atoms with van der Waals surface area (Å²) in [5.41, 5.74) is -0.465. The molecule has 0 bridgehead atoms. The fourth-order valence-corrected chi connectivity index (χ4v) is 1.97. The second kappa shape index (κ2) is 3.89. The van der Waals surface area contributed by atoms with Gasteiger partial charge in [-0.3, -0.25) is 9.59 Å². The van der Waals surface area contributed by atoms with Crippen LogP contribution in [-0.4, -0.2) is 18.2 Å². The van der Waals surface area contributed by atoms with E-state index in [1.807, 2.05) is 25.1 Å². The van der Waals surface area contributed by atoms with Crippen molar-refractivity contribution in [3.8, 4) is 0 Å². The van der Waals surface area contributed by atoms with Crippen LogP contribution in [0.4, 0.5) is 0 Å². The third-order valence-corrected chi connectivity index (χ3v) is 2.93. The minimum absolute atomic E-state index is 0.304. The molecule has 0 spiro atoms. The lowest BCUT2D eigenvalue weighted by Crippen LogP contribution is -2.52. The molecule has 0 saturated carbocycles. The van der Waals surface area contributed by atoms with Crippen molar-refractivity contribution >= 4 is 18.2 Å². The molecule has 1 aromatic rings. The summed E-state index contributed by atoms with van der Waals surface area (Å²) in [4.78, 5) is 27.5. The Kier molecular flexibility index (Phi) is 2.56. The molecule has 1 aliphatic heterocycles. The number of nitrogens with one attached hydrogen (secondary N) is 1. The normalized spacial score (nSPS) is 24.3. The van der Waals surface area contributed by atoms with Gasteiger partial charge in [0.15, 0.2) is 5.41 Å². The van der Waals surface area contributed by atoms with E-state index < -0.39 is 11.3 Å². The molecule has 82 valence electrons. The highest BCUT2D eigenvalue weighted by Crippen LogP contribution is 2.31. The van der Waals surface area contributed by atoms with E-state index in [-0.39, 0.29) is 5.91 Å². The van der Waals surface area contributed by atoms with Crippen LogP contribution in [0.2, 0.25) is 0 Å². The van der Waals surface area contributed by atoms with Crippen LogP contribution < -0.4 is 5.32 Å². The van der Waals surface area contributed by atoms with Crippen molar-refractivity contribution in [2.75, 3.05) is 0 Å². The molecule has 4 nitrogen and oxygen atoms in total. The van der Waals surface area contributed by atoms with Crippen LogP contribution in [0.15, 0.2) is 35.3 Å². The van der Waals surface area contributed by atoms with Gasteiger partial charge in [-0.15, -0.1) is 0 Å². The van der Waals surface area contributed by atoms with Gasteiger partial charge in [0.2, 0.25) is 5.91 Å². The van der Waals surface area contributed by atoms with Crippen molar-refractivity contribution in [2.45, 2.75) is 18.8 Å². The molecule has 0 fully saturated rings. The fourth-order valence-electron chi connectivity index (χ4n) is 1.97. The summed E-state index contributed by atoms with van der Waals surface area (Å²) in [5, 5.41) is 2.50. The Hall–Kier alpha value is -1.97. The molecular weight excluding hydrogens is 204 g/mol. The van der Waals surface area contributed by atoms with E-state index in [0.29, 0.717) is 12.0 Å². The Morgan fingerprint density at radius 2 is 1.94 bits per heavy atom. The van der Waals surface area contributed by atoms with E-state index in [1.54, 1.807) is 12.1 Å². The zero-order valence-electron chi connectivity index (χ0n) is 8.93. The summed E-state index contributed by atoms with van der Waals surface area (Å²) < 4.78 is 0. The molecule has 4 heteroatoms. The number of nitrogens with zero attached hydrogens (tertiary/aromatic N) is 1. The third kappa shape index (κ3) is 1.34. The molecule has 0 aliphatic carbocycles. The van der Waals surface area contributed by atoms with Gasteiger partial charge in [0.05, 0.1) is 6.34 Å². The molecule has 2 amide bonds. The SMILES string of the molecule is CC[C@]1(c2ccccc2)C(=O)N=CNC1=O. The van der Waals surface area contributed by atoms with E-state index in [9.17, 15) is 9.59 Å². The minimum atomic E-state index is -1.16. The van der Waals surface area contributed by atoms with Crippen LogP contribution in [0.3, 0.4) is 0 Å². The molecule has 0 aromatic heterocycles. The van der Waals surface area contributed by atoms with Gasteiger partial charge in [-0.1, -0.05) is 37.3 Å². The number of amides is 2. The number of hydrogen-bond donors (Lipinski definition) is 1. The van der Waals surface area contributed by atoms with Gasteiger partial charge in [0.1, 0.15) is 0 Å². The molecule has 1 aromatic carbocycles. The lowest BCUT2D eigenvalue weighted by Gasteiger charge is -2.29.